The van der Waals surface area contributed by atoms with E-state index in [0.717, 1.165) is 100 Å². The first-order chi connectivity index (χ1) is 42.5. The zero-order valence-electron chi connectivity index (χ0n) is 47.0. The molecule has 16 rings (SSSR count). The summed E-state index contributed by atoms with van der Waals surface area (Å²) in [5, 5.41) is 43.4. The van der Waals surface area contributed by atoms with Gasteiger partial charge in [-0.05, 0) is 24.3 Å². The zero-order chi connectivity index (χ0) is 58.0. The third-order valence-corrected chi connectivity index (χ3v) is 14.2. The lowest BCUT2D eigenvalue weighted by Gasteiger charge is -2.00. The van der Waals surface area contributed by atoms with Gasteiger partial charge in [0.2, 0.25) is 17.7 Å². The fourth-order valence-corrected chi connectivity index (χ4v) is 10.3. The van der Waals surface area contributed by atoms with Gasteiger partial charge in [-0.1, -0.05) is 199 Å². The standard InChI is InChI=1S/2C17H14N4O.C17H14N4.C16H13N5/c1-12-18-19-16(22-12)11-21-15-10-6-5-9-14(15)17(20-21)13-7-3-2-4-8-13;1-12-18-16(20-22-12)11-21-15-10-6-5-9-14(15)17(19-21)13-7-3-2-4-8-13;1-2-6-13(7-3-1)17-14-8-4-5-9-15(14)21(20-17)12-16-18-10-11-19-16;1-2-6-12(7-3-1)16-13-8-4-5-9-14(13)21(20-16)10-15-17-11-18-19-15/h2*2-10H,11H2,1H3;1-10H,11-12H2;1-9H,10-11H2. The van der Waals surface area contributed by atoms with E-state index in [-0.39, 0.29) is 0 Å². The number of amidine groups is 2. The molecule has 0 saturated heterocycles. The number of fused-ring (bicyclic) bond motifs is 4. The Hall–Kier alpha value is -11.5. The molecule has 8 aromatic carbocycles. The molecule has 0 saturated carbocycles. The van der Waals surface area contributed by atoms with Crippen molar-refractivity contribution in [1.29, 1.82) is 0 Å². The van der Waals surface area contributed by atoms with Crippen molar-refractivity contribution in [1.82, 2.24) is 59.5 Å². The summed E-state index contributed by atoms with van der Waals surface area (Å²) in [6.07, 6.45) is 1.83. The van der Waals surface area contributed by atoms with Gasteiger partial charge in [0.05, 0.1) is 28.6 Å². The first-order valence-corrected chi connectivity index (χ1v) is 28.0. The van der Waals surface area contributed by atoms with E-state index in [1.165, 1.54) is 0 Å². The first kappa shape index (κ1) is 53.8. The summed E-state index contributed by atoms with van der Waals surface area (Å²) in [6, 6.07) is 73.7. The first-order valence-electron chi connectivity index (χ1n) is 28.0. The zero-order valence-corrected chi connectivity index (χ0v) is 47.0. The Morgan fingerprint density at radius 2 is 0.791 bits per heavy atom. The quantitative estimate of drug-likeness (QED) is 0.113. The predicted octanol–water partition coefficient (Wildman–Crippen LogP) is 13.6. The summed E-state index contributed by atoms with van der Waals surface area (Å²) >= 11 is 0. The van der Waals surface area contributed by atoms with Crippen LogP contribution in [0.1, 0.15) is 23.5 Å². The summed E-state index contributed by atoms with van der Waals surface area (Å²) in [6.45, 7) is 6.81. The number of para-hydroxylation sites is 4. The Balaban J connectivity index is 0.000000106. The van der Waals surface area contributed by atoms with E-state index in [4.69, 9.17) is 29.3 Å². The molecular formula is C67H55N17O2. The second-order valence-corrected chi connectivity index (χ2v) is 20.0. The van der Waals surface area contributed by atoms with Crippen LogP contribution < -0.4 is 0 Å². The van der Waals surface area contributed by atoms with Gasteiger partial charge in [-0.25, -0.2) is 9.98 Å². The van der Waals surface area contributed by atoms with Crippen LogP contribution in [0, 0.1) is 13.8 Å². The molecule has 420 valence electrons. The van der Waals surface area contributed by atoms with Gasteiger partial charge < -0.3 is 8.94 Å². The molecule has 8 heterocycles. The largest absolute Gasteiger partial charge is 0.424 e. The molecule has 0 aliphatic carbocycles. The number of hydrogen-bond acceptors (Lipinski definition) is 15. The number of aliphatic imine (C=N–C) groups is 3. The fraction of sp³-hybridized carbons (Fsp3) is 0.119. The summed E-state index contributed by atoms with van der Waals surface area (Å²) in [7, 11) is 0. The molecule has 0 unspecified atom stereocenters. The van der Waals surface area contributed by atoms with Gasteiger partial charge in [-0.3, -0.25) is 23.7 Å². The van der Waals surface area contributed by atoms with Crippen molar-refractivity contribution in [2.45, 2.75) is 40.0 Å². The minimum Gasteiger partial charge on any atom is -0.424 e. The highest BCUT2D eigenvalue weighted by Crippen LogP contribution is 2.32. The van der Waals surface area contributed by atoms with E-state index >= 15 is 0 Å². The number of azo groups is 1. The molecule has 0 bridgehead atoms. The fourth-order valence-electron chi connectivity index (χ4n) is 10.3. The van der Waals surface area contributed by atoms with E-state index in [0.29, 0.717) is 62.9 Å². The van der Waals surface area contributed by atoms with E-state index in [2.05, 4.69) is 143 Å². The Kier molecular flexibility index (Phi) is 15.6. The van der Waals surface area contributed by atoms with Crippen LogP contribution in [0.4, 0.5) is 0 Å². The molecular weight excluding hydrogens is 1070 g/mol. The molecule has 14 aromatic rings. The van der Waals surface area contributed by atoms with E-state index in [1.54, 1.807) is 13.8 Å². The molecule has 0 fully saturated rings. The third kappa shape index (κ3) is 11.9. The highest BCUT2D eigenvalue weighted by molar-refractivity contribution is 5.98. The normalized spacial score (nSPS) is 12.4. The molecule has 0 amide bonds. The van der Waals surface area contributed by atoms with Crippen molar-refractivity contribution >= 4 is 61.5 Å². The molecule has 2 aliphatic heterocycles. The second-order valence-electron chi connectivity index (χ2n) is 20.0. The van der Waals surface area contributed by atoms with Crippen molar-refractivity contribution in [3.05, 3.63) is 242 Å². The Morgan fingerprint density at radius 1 is 0.395 bits per heavy atom. The van der Waals surface area contributed by atoms with Crippen LogP contribution in [0.25, 0.3) is 88.6 Å². The van der Waals surface area contributed by atoms with Crippen LogP contribution in [0.2, 0.25) is 0 Å². The third-order valence-electron chi connectivity index (χ3n) is 14.2. The lowest BCUT2D eigenvalue weighted by Crippen LogP contribution is -2.08. The maximum absolute atomic E-state index is 5.47. The van der Waals surface area contributed by atoms with Crippen LogP contribution in [-0.2, 0) is 26.2 Å². The van der Waals surface area contributed by atoms with Crippen LogP contribution in [-0.4, -0.2) is 90.6 Å². The molecule has 0 N–H and O–H groups in total. The highest BCUT2D eigenvalue weighted by Gasteiger charge is 2.18. The Bertz CT molecular complexity index is 4440. The number of aromatic nitrogens is 12. The van der Waals surface area contributed by atoms with E-state index in [9.17, 15) is 0 Å². The lowest BCUT2D eigenvalue weighted by atomic mass is 10.1. The average molecular weight is 1130 g/mol. The summed E-state index contributed by atoms with van der Waals surface area (Å²) in [4.78, 5) is 17.1. The van der Waals surface area contributed by atoms with Crippen molar-refractivity contribution in [2.24, 2.45) is 25.2 Å². The van der Waals surface area contributed by atoms with Gasteiger partial charge in [-0.15, -0.1) is 15.3 Å². The predicted molar refractivity (Wildman–Crippen MR) is 335 cm³/mol. The molecule has 19 heteroatoms. The summed E-state index contributed by atoms with van der Waals surface area (Å²) in [5.41, 5.74) is 12.7. The average Bonchev–Trinajstić information content (AvgIpc) is 4.06. The Labute approximate surface area is 493 Å². The van der Waals surface area contributed by atoms with Crippen LogP contribution in [0.15, 0.2) is 253 Å². The van der Waals surface area contributed by atoms with E-state index in [1.807, 2.05) is 146 Å². The molecule has 0 radical (unpaired) electrons. The smallest absolute Gasteiger partial charge is 0.237 e. The van der Waals surface area contributed by atoms with Gasteiger partial charge in [0.1, 0.15) is 54.8 Å². The number of benzene rings is 8. The molecule has 0 spiro atoms. The molecule has 86 heavy (non-hydrogen) atoms. The lowest BCUT2D eigenvalue weighted by molar-refractivity contribution is 0.385. The van der Waals surface area contributed by atoms with Gasteiger partial charge in [0, 0.05) is 63.9 Å². The molecule has 2 aliphatic rings. The molecule has 19 nitrogen and oxygen atoms in total. The molecule has 0 atom stereocenters. The second kappa shape index (κ2) is 24.9. The minimum atomic E-state index is 0.431. The van der Waals surface area contributed by atoms with E-state index < -0.39 is 0 Å². The van der Waals surface area contributed by atoms with Gasteiger partial charge in [0.25, 0.3) is 0 Å². The van der Waals surface area contributed by atoms with Crippen LogP contribution in [0.3, 0.4) is 0 Å². The van der Waals surface area contributed by atoms with Crippen molar-refractivity contribution in [3.63, 3.8) is 0 Å². The highest BCUT2D eigenvalue weighted by atomic mass is 16.5. The van der Waals surface area contributed by atoms with Gasteiger partial charge in [0.15, 0.2) is 18.3 Å². The number of nitrogens with zero attached hydrogens (tertiary/aromatic N) is 17. The number of aryl methyl sites for hydroxylation is 2. The Morgan fingerprint density at radius 3 is 1.15 bits per heavy atom. The topological polar surface area (TPSA) is 211 Å². The van der Waals surface area contributed by atoms with Crippen LogP contribution in [0.5, 0.6) is 0 Å². The van der Waals surface area contributed by atoms with Crippen molar-refractivity contribution in [3.8, 4) is 45.0 Å². The maximum atomic E-state index is 5.47. The number of rotatable bonds is 12. The molecule has 6 aromatic heterocycles. The monoisotopic (exact) mass is 1130 g/mol. The van der Waals surface area contributed by atoms with Crippen molar-refractivity contribution in [2.75, 3.05) is 13.2 Å². The summed E-state index contributed by atoms with van der Waals surface area (Å²) in [5.74, 6) is 3.88. The van der Waals surface area contributed by atoms with Crippen molar-refractivity contribution < 1.29 is 8.94 Å². The van der Waals surface area contributed by atoms with Crippen LogP contribution >= 0.6 is 0 Å². The SMILES string of the molecule is C1=NC(Cn2nc(-c3ccccc3)c3ccccc32)=NC1.Cc1nc(Cn2nc(-c3ccccc3)c3ccccc32)no1.Cc1nnc(Cn2nc(-c3ccccc3)c3ccccc32)o1.c1ccc(-c2nn(CC3=NCN=N3)c3ccccc23)cc1. The minimum absolute atomic E-state index is 0.431. The maximum Gasteiger partial charge on any atom is 0.237 e. The van der Waals surface area contributed by atoms with Gasteiger partial charge in [-0.2, -0.15) is 30.5 Å². The summed E-state index contributed by atoms with van der Waals surface area (Å²) < 4.78 is 18.3. The number of hydrogen-bond donors (Lipinski definition) is 0. The van der Waals surface area contributed by atoms with Gasteiger partial charge >= 0.3 is 0 Å².